The fourth-order valence-electron chi connectivity index (χ4n) is 4.83. The lowest BCUT2D eigenvalue weighted by molar-refractivity contribution is -0.0130. The molecule has 218 valence electrons. The van der Waals surface area contributed by atoms with E-state index in [0.717, 1.165) is 41.6 Å². The molecular formula is C36H38O6. The third kappa shape index (κ3) is 7.51. The molecule has 2 aliphatic rings. The first kappa shape index (κ1) is 28.3. The van der Waals surface area contributed by atoms with Crippen molar-refractivity contribution >= 4 is 0 Å². The second-order valence-corrected chi connectivity index (χ2v) is 11.3. The summed E-state index contributed by atoms with van der Waals surface area (Å²) < 4.78 is 35.0. The highest BCUT2D eigenvalue weighted by Gasteiger charge is 2.26. The standard InChI is InChI=1S/C36H38O6/c1-36(2,27-12-16-29(17-13-27)37-20-31-22-39-31)28-14-18-30(19-15-28)38-21-33(41-24-32-23-40-32)25-42-35-11-7-6-10-34(35)26-8-4-3-5-9-26/h3-19,31-33H,20-25H2,1-2H3. The van der Waals surface area contributed by atoms with Crippen LogP contribution in [0.5, 0.6) is 17.2 Å². The van der Waals surface area contributed by atoms with Crippen molar-refractivity contribution in [1.29, 1.82) is 0 Å². The Balaban J connectivity index is 1.06. The molecule has 2 fully saturated rings. The number of epoxide rings is 2. The van der Waals surface area contributed by atoms with Crippen LogP contribution < -0.4 is 14.2 Å². The Morgan fingerprint density at radius 2 is 1.19 bits per heavy atom. The first-order chi connectivity index (χ1) is 20.5. The number of rotatable bonds is 15. The highest BCUT2D eigenvalue weighted by atomic mass is 16.6. The van der Waals surface area contributed by atoms with Gasteiger partial charge < -0.3 is 28.4 Å². The van der Waals surface area contributed by atoms with Gasteiger partial charge in [-0.1, -0.05) is 86.6 Å². The Kier molecular flexibility index (Phi) is 8.75. The molecule has 42 heavy (non-hydrogen) atoms. The average Bonchev–Trinajstić information content (AvgIpc) is 3.97. The van der Waals surface area contributed by atoms with Crippen LogP contribution in [0.15, 0.2) is 103 Å². The summed E-state index contributed by atoms with van der Waals surface area (Å²) in [4.78, 5) is 0. The maximum absolute atomic E-state index is 6.28. The summed E-state index contributed by atoms with van der Waals surface area (Å²) in [7, 11) is 0. The van der Waals surface area contributed by atoms with E-state index in [1.165, 1.54) is 11.1 Å². The van der Waals surface area contributed by atoms with E-state index in [1.807, 2.05) is 60.7 Å². The maximum Gasteiger partial charge on any atom is 0.127 e. The molecule has 0 bridgehead atoms. The normalized spacial score (nSPS) is 18.2. The van der Waals surface area contributed by atoms with E-state index >= 15 is 0 Å². The van der Waals surface area contributed by atoms with Gasteiger partial charge in [0.05, 0.1) is 19.8 Å². The Labute approximate surface area is 248 Å². The monoisotopic (exact) mass is 566 g/mol. The van der Waals surface area contributed by atoms with Gasteiger partial charge in [0.15, 0.2) is 0 Å². The van der Waals surface area contributed by atoms with Gasteiger partial charge in [0.2, 0.25) is 0 Å². The maximum atomic E-state index is 6.28. The van der Waals surface area contributed by atoms with Crippen LogP contribution in [0.1, 0.15) is 25.0 Å². The van der Waals surface area contributed by atoms with Crippen LogP contribution >= 0.6 is 0 Å². The summed E-state index contributed by atoms with van der Waals surface area (Å²) in [6.45, 7) is 7.88. The van der Waals surface area contributed by atoms with Gasteiger partial charge in [-0.2, -0.15) is 0 Å². The highest BCUT2D eigenvalue weighted by molar-refractivity contribution is 5.70. The van der Waals surface area contributed by atoms with Crippen LogP contribution in [0.25, 0.3) is 11.1 Å². The van der Waals surface area contributed by atoms with E-state index in [4.69, 9.17) is 28.4 Å². The molecule has 2 aliphatic heterocycles. The predicted octanol–water partition coefficient (Wildman–Crippen LogP) is 6.70. The lowest BCUT2D eigenvalue weighted by atomic mass is 9.78. The molecule has 3 unspecified atom stereocenters. The van der Waals surface area contributed by atoms with Gasteiger partial charge in [-0.05, 0) is 47.0 Å². The molecule has 0 aromatic heterocycles. The first-order valence-electron chi connectivity index (χ1n) is 14.6. The third-order valence-corrected chi connectivity index (χ3v) is 7.74. The third-order valence-electron chi connectivity index (χ3n) is 7.74. The fraction of sp³-hybridized carbons (Fsp3) is 0.333. The zero-order valence-electron chi connectivity index (χ0n) is 24.2. The van der Waals surface area contributed by atoms with Crippen LogP contribution in [-0.4, -0.2) is 58.0 Å². The van der Waals surface area contributed by atoms with Crippen molar-refractivity contribution in [3.63, 3.8) is 0 Å². The predicted molar refractivity (Wildman–Crippen MR) is 163 cm³/mol. The minimum atomic E-state index is -0.249. The van der Waals surface area contributed by atoms with Crippen molar-refractivity contribution < 1.29 is 28.4 Å². The molecule has 2 heterocycles. The van der Waals surface area contributed by atoms with Crippen molar-refractivity contribution in [3.05, 3.63) is 114 Å². The van der Waals surface area contributed by atoms with E-state index in [-0.39, 0.29) is 23.7 Å². The van der Waals surface area contributed by atoms with Crippen molar-refractivity contribution in [1.82, 2.24) is 0 Å². The smallest absolute Gasteiger partial charge is 0.127 e. The molecule has 3 atom stereocenters. The lowest BCUT2D eigenvalue weighted by Crippen LogP contribution is -2.30. The quantitative estimate of drug-likeness (QED) is 0.149. The largest absolute Gasteiger partial charge is 0.491 e. The molecule has 0 N–H and O–H groups in total. The number of hydrogen-bond donors (Lipinski definition) is 0. The molecule has 6 nitrogen and oxygen atoms in total. The molecule has 6 heteroatoms. The first-order valence-corrected chi connectivity index (χ1v) is 14.6. The van der Waals surface area contributed by atoms with Gasteiger partial charge >= 0.3 is 0 Å². The topological polar surface area (TPSA) is 62.0 Å². The summed E-state index contributed by atoms with van der Waals surface area (Å²) in [6, 6.07) is 35.0. The van der Waals surface area contributed by atoms with Crippen molar-refractivity contribution in [2.75, 3.05) is 39.6 Å². The second kappa shape index (κ2) is 13.0. The SMILES string of the molecule is CC(C)(c1ccc(OCC(COc2ccccc2-c2ccccc2)OCC2CO2)cc1)c1ccc(OCC2CO2)cc1. The molecule has 0 spiro atoms. The van der Waals surface area contributed by atoms with Crippen LogP contribution in [0.2, 0.25) is 0 Å². The Bertz CT molecular complexity index is 1410. The molecule has 4 aromatic rings. The Hall–Kier alpha value is -3.84. The van der Waals surface area contributed by atoms with Gasteiger partial charge in [-0.15, -0.1) is 0 Å². The number of hydrogen-bond acceptors (Lipinski definition) is 6. The number of ether oxygens (including phenoxy) is 6. The van der Waals surface area contributed by atoms with Gasteiger partial charge in [-0.25, -0.2) is 0 Å². The second-order valence-electron chi connectivity index (χ2n) is 11.3. The Morgan fingerprint density at radius 3 is 1.83 bits per heavy atom. The molecule has 0 amide bonds. The summed E-state index contributed by atoms with van der Waals surface area (Å²) in [5, 5.41) is 0. The van der Waals surface area contributed by atoms with Gasteiger partial charge in [-0.3, -0.25) is 0 Å². The van der Waals surface area contributed by atoms with E-state index in [9.17, 15) is 0 Å². The summed E-state index contributed by atoms with van der Waals surface area (Å²) in [6.07, 6.45) is 0.166. The Morgan fingerprint density at radius 1 is 0.643 bits per heavy atom. The highest BCUT2D eigenvalue weighted by Crippen LogP contribution is 2.34. The minimum absolute atomic E-state index is 0.165. The molecular weight excluding hydrogens is 528 g/mol. The molecule has 6 rings (SSSR count). The lowest BCUT2D eigenvalue weighted by Gasteiger charge is -2.26. The fourth-order valence-corrected chi connectivity index (χ4v) is 4.83. The van der Waals surface area contributed by atoms with E-state index in [2.05, 4.69) is 56.3 Å². The summed E-state index contributed by atoms with van der Waals surface area (Å²) >= 11 is 0. The van der Waals surface area contributed by atoms with E-state index in [1.54, 1.807) is 0 Å². The van der Waals surface area contributed by atoms with Crippen molar-refractivity contribution in [3.8, 4) is 28.4 Å². The average molecular weight is 567 g/mol. The molecule has 0 saturated carbocycles. The molecule has 0 radical (unpaired) electrons. The van der Waals surface area contributed by atoms with Crippen LogP contribution in [0, 0.1) is 0 Å². The molecule has 2 saturated heterocycles. The van der Waals surface area contributed by atoms with Crippen molar-refractivity contribution in [2.24, 2.45) is 0 Å². The van der Waals surface area contributed by atoms with Crippen LogP contribution in [0.3, 0.4) is 0 Å². The zero-order valence-corrected chi connectivity index (χ0v) is 24.2. The zero-order chi connectivity index (χ0) is 28.8. The molecule has 4 aromatic carbocycles. The van der Waals surface area contributed by atoms with E-state index in [0.29, 0.717) is 26.4 Å². The van der Waals surface area contributed by atoms with Crippen LogP contribution in [-0.2, 0) is 19.6 Å². The summed E-state index contributed by atoms with van der Waals surface area (Å²) in [5.41, 5.74) is 4.41. The van der Waals surface area contributed by atoms with E-state index < -0.39 is 0 Å². The van der Waals surface area contributed by atoms with Crippen molar-refractivity contribution in [2.45, 2.75) is 37.6 Å². The molecule has 0 aliphatic carbocycles. The number of benzene rings is 4. The van der Waals surface area contributed by atoms with Gasteiger partial charge in [0.1, 0.15) is 55.4 Å². The summed E-state index contributed by atoms with van der Waals surface area (Å²) in [5.74, 6) is 2.48. The van der Waals surface area contributed by atoms with Gasteiger partial charge in [0.25, 0.3) is 0 Å². The number of para-hydroxylation sites is 1. The van der Waals surface area contributed by atoms with Gasteiger partial charge in [0, 0.05) is 11.0 Å². The minimum Gasteiger partial charge on any atom is -0.491 e. The van der Waals surface area contributed by atoms with Crippen LogP contribution in [0.4, 0.5) is 0 Å².